The monoisotopic (exact) mass is 463 g/mol. The molecule has 0 bridgehead atoms. The van der Waals surface area contributed by atoms with Crippen molar-refractivity contribution in [3.05, 3.63) is 53.0 Å². The summed E-state index contributed by atoms with van der Waals surface area (Å²) in [6.07, 6.45) is 7.49. The van der Waals surface area contributed by atoms with E-state index in [1.54, 1.807) is 25.4 Å². The lowest BCUT2D eigenvalue weighted by atomic mass is 9.75. The Labute approximate surface area is 197 Å². The molecule has 2 aromatic rings. The highest BCUT2D eigenvalue weighted by molar-refractivity contribution is 6.10. The number of hydrogen-bond acceptors (Lipinski definition) is 5. The third-order valence-electron chi connectivity index (χ3n) is 7.15. The molecule has 1 aromatic carbocycles. The normalized spacial score (nSPS) is 18.9. The number of carbonyl (C=O) groups is 3. The highest BCUT2D eigenvalue weighted by Gasteiger charge is 2.47. The second-order valence-electron chi connectivity index (χ2n) is 9.20. The van der Waals surface area contributed by atoms with Crippen LogP contribution in [0.2, 0.25) is 0 Å². The molecule has 9 nitrogen and oxygen atoms in total. The average Bonchev–Trinajstić information content (AvgIpc) is 3.39. The molecule has 2 fully saturated rings. The summed E-state index contributed by atoms with van der Waals surface area (Å²) in [4.78, 5) is 39.0. The van der Waals surface area contributed by atoms with Gasteiger partial charge in [0.2, 0.25) is 5.91 Å². The number of anilines is 2. The van der Waals surface area contributed by atoms with Gasteiger partial charge in [-0.2, -0.15) is 5.10 Å². The van der Waals surface area contributed by atoms with Crippen molar-refractivity contribution < 1.29 is 19.1 Å². The van der Waals surface area contributed by atoms with Crippen molar-refractivity contribution in [1.82, 2.24) is 15.1 Å². The minimum Gasteiger partial charge on any atom is -0.381 e. The Balaban J connectivity index is 1.39. The third kappa shape index (κ3) is 4.00. The van der Waals surface area contributed by atoms with Crippen molar-refractivity contribution in [1.29, 1.82) is 0 Å². The maximum Gasteiger partial charge on any atom is 0.274 e. The quantitative estimate of drug-likeness (QED) is 0.603. The summed E-state index contributed by atoms with van der Waals surface area (Å²) in [7, 11) is 1.69. The van der Waals surface area contributed by atoms with Gasteiger partial charge in [0.05, 0.1) is 5.41 Å². The van der Waals surface area contributed by atoms with Gasteiger partial charge in [0.25, 0.3) is 11.8 Å². The number of nitrogens with one attached hydrogen (secondary N) is 3. The fourth-order valence-electron chi connectivity index (χ4n) is 5.23. The van der Waals surface area contributed by atoms with Crippen LogP contribution in [0.5, 0.6) is 0 Å². The highest BCUT2D eigenvalue weighted by atomic mass is 16.5. The molecule has 5 rings (SSSR count). The smallest absolute Gasteiger partial charge is 0.274 e. The molecular weight excluding hydrogens is 434 g/mol. The lowest BCUT2D eigenvalue weighted by Crippen LogP contribution is -2.39. The SMILES string of the molecule is Cn1nccc1C(=O)NC(C(=O)Nc1ccc2c(c1)NC(=O)C21CCOCC1)=C1CCCCC1. The van der Waals surface area contributed by atoms with Crippen LogP contribution in [0.3, 0.4) is 0 Å². The van der Waals surface area contributed by atoms with E-state index in [2.05, 4.69) is 21.0 Å². The summed E-state index contributed by atoms with van der Waals surface area (Å²) < 4.78 is 6.94. The average molecular weight is 464 g/mol. The largest absolute Gasteiger partial charge is 0.381 e. The zero-order chi connectivity index (χ0) is 23.7. The van der Waals surface area contributed by atoms with Crippen LogP contribution >= 0.6 is 0 Å². The molecule has 2 aliphatic heterocycles. The number of rotatable bonds is 4. The lowest BCUT2D eigenvalue weighted by molar-refractivity contribution is -0.124. The molecule has 1 aromatic heterocycles. The van der Waals surface area contributed by atoms with Crippen molar-refractivity contribution in [3.63, 3.8) is 0 Å². The van der Waals surface area contributed by atoms with E-state index in [1.807, 2.05) is 12.1 Å². The molecule has 1 saturated heterocycles. The number of hydrogen-bond donors (Lipinski definition) is 3. The molecule has 3 aliphatic rings. The van der Waals surface area contributed by atoms with Gasteiger partial charge in [-0.1, -0.05) is 12.5 Å². The standard InChI is InChI=1S/C25H29N5O4/c1-30-20(9-12-26-30)22(31)29-21(16-5-3-2-4-6-16)23(32)27-17-7-8-18-19(15-17)28-24(33)25(18)10-13-34-14-11-25/h7-9,12,15H,2-6,10-11,13-14H2,1H3,(H,27,32)(H,28,33)(H,29,31). The second kappa shape index (κ2) is 9.06. The summed E-state index contributed by atoms with van der Waals surface area (Å²) >= 11 is 0. The second-order valence-corrected chi connectivity index (χ2v) is 9.20. The number of nitrogens with zero attached hydrogens (tertiary/aromatic N) is 2. The number of aryl methyl sites for hydroxylation is 1. The number of carbonyl (C=O) groups excluding carboxylic acids is 3. The Morgan fingerprint density at radius 1 is 1.12 bits per heavy atom. The van der Waals surface area contributed by atoms with Crippen LogP contribution in [-0.2, 0) is 26.8 Å². The molecule has 3 N–H and O–H groups in total. The molecule has 3 heterocycles. The van der Waals surface area contributed by atoms with Crippen LogP contribution in [-0.4, -0.2) is 40.7 Å². The van der Waals surface area contributed by atoms with Gasteiger partial charge in [-0.3, -0.25) is 19.1 Å². The molecule has 0 atom stereocenters. The molecule has 1 spiro atoms. The molecule has 0 radical (unpaired) electrons. The van der Waals surface area contributed by atoms with Crippen molar-refractivity contribution in [2.75, 3.05) is 23.8 Å². The minimum absolute atomic E-state index is 0.0114. The van der Waals surface area contributed by atoms with Crippen LogP contribution in [0.25, 0.3) is 0 Å². The molecule has 1 aliphatic carbocycles. The van der Waals surface area contributed by atoms with Gasteiger partial charge in [-0.05, 0) is 67.9 Å². The van der Waals surface area contributed by atoms with Crippen LogP contribution in [0.1, 0.15) is 61.0 Å². The van der Waals surface area contributed by atoms with Gasteiger partial charge in [-0.15, -0.1) is 0 Å². The van der Waals surface area contributed by atoms with Gasteiger partial charge in [0, 0.05) is 37.8 Å². The first kappa shape index (κ1) is 22.3. The topological polar surface area (TPSA) is 114 Å². The van der Waals surface area contributed by atoms with Gasteiger partial charge < -0.3 is 20.7 Å². The van der Waals surface area contributed by atoms with Gasteiger partial charge >= 0.3 is 0 Å². The first-order valence-corrected chi connectivity index (χ1v) is 11.8. The van der Waals surface area contributed by atoms with Gasteiger partial charge in [0.1, 0.15) is 11.4 Å². The van der Waals surface area contributed by atoms with E-state index in [1.165, 1.54) is 4.68 Å². The maximum absolute atomic E-state index is 13.4. The number of benzene rings is 1. The Morgan fingerprint density at radius 2 is 1.88 bits per heavy atom. The third-order valence-corrected chi connectivity index (χ3v) is 7.15. The zero-order valence-electron chi connectivity index (χ0n) is 19.3. The number of amides is 3. The summed E-state index contributed by atoms with van der Waals surface area (Å²) in [6.45, 7) is 1.11. The van der Waals surface area contributed by atoms with E-state index in [0.717, 1.165) is 48.9 Å². The first-order chi connectivity index (χ1) is 16.5. The van der Waals surface area contributed by atoms with Crippen molar-refractivity contribution in [2.45, 2.75) is 50.4 Å². The molecular formula is C25H29N5O4. The molecule has 1 saturated carbocycles. The Bertz CT molecular complexity index is 1170. The summed E-state index contributed by atoms with van der Waals surface area (Å²) in [5.74, 6) is -0.744. The molecule has 34 heavy (non-hydrogen) atoms. The first-order valence-electron chi connectivity index (χ1n) is 11.8. The lowest BCUT2D eigenvalue weighted by Gasteiger charge is -2.31. The molecule has 178 valence electrons. The fourth-order valence-corrected chi connectivity index (χ4v) is 5.23. The van der Waals surface area contributed by atoms with E-state index in [9.17, 15) is 14.4 Å². The number of fused-ring (bicyclic) bond motifs is 2. The van der Waals surface area contributed by atoms with E-state index >= 15 is 0 Å². The van der Waals surface area contributed by atoms with Gasteiger partial charge in [0.15, 0.2) is 0 Å². The van der Waals surface area contributed by atoms with E-state index < -0.39 is 5.41 Å². The molecule has 3 amide bonds. The van der Waals surface area contributed by atoms with Gasteiger partial charge in [-0.25, -0.2) is 0 Å². The van der Waals surface area contributed by atoms with Crippen LogP contribution in [0.4, 0.5) is 11.4 Å². The minimum atomic E-state index is -0.553. The molecule has 9 heteroatoms. The van der Waals surface area contributed by atoms with Crippen molar-refractivity contribution in [2.24, 2.45) is 7.05 Å². The zero-order valence-corrected chi connectivity index (χ0v) is 19.3. The van der Waals surface area contributed by atoms with Crippen molar-refractivity contribution >= 4 is 29.1 Å². The Kier molecular flexibility index (Phi) is 5.95. The van der Waals surface area contributed by atoms with Crippen molar-refractivity contribution in [3.8, 4) is 0 Å². The maximum atomic E-state index is 13.4. The van der Waals surface area contributed by atoms with E-state index in [4.69, 9.17) is 4.74 Å². The van der Waals surface area contributed by atoms with E-state index in [-0.39, 0.29) is 17.7 Å². The fraction of sp³-hybridized carbons (Fsp3) is 0.440. The number of allylic oxidation sites excluding steroid dienone is 1. The Hall–Kier alpha value is -3.46. The predicted molar refractivity (Wildman–Crippen MR) is 126 cm³/mol. The highest BCUT2D eigenvalue weighted by Crippen LogP contribution is 2.45. The van der Waals surface area contributed by atoms with Crippen LogP contribution in [0.15, 0.2) is 41.7 Å². The van der Waals surface area contributed by atoms with Crippen LogP contribution < -0.4 is 16.0 Å². The summed E-state index contributed by atoms with van der Waals surface area (Å²) in [5, 5.41) is 12.8. The Morgan fingerprint density at radius 3 is 2.59 bits per heavy atom. The number of ether oxygens (including phenoxy) is 1. The predicted octanol–water partition coefficient (Wildman–Crippen LogP) is 3.01. The summed E-state index contributed by atoms with van der Waals surface area (Å²) in [5.41, 5.74) is 3.32. The molecule has 0 unspecified atom stereocenters. The van der Waals surface area contributed by atoms with Crippen LogP contribution in [0, 0.1) is 0 Å². The number of aromatic nitrogens is 2. The van der Waals surface area contributed by atoms with E-state index in [0.29, 0.717) is 43.1 Å². The summed E-state index contributed by atoms with van der Waals surface area (Å²) in [6, 6.07) is 7.14.